The van der Waals surface area contributed by atoms with E-state index >= 15 is 0 Å². The zero-order chi connectivity index (χ0) is 50.5. The normalized spacial score (nSPS) is 13.2. The van der Waals surface area contributed by atoms with Crippen LogP contribution in [0, 0.1) is 13.8 Å². The number of carbonyl (C=O) groups excluding carboxylic acids is 2. The predicted octanol–water partition coefficient (Wildman–Crippen LogP) is 9.37. The Morgan fingerprint density at radius 2 is 0.889 bits per heavy atom. The van der Waals surface area contributed by atoms with E-state index in [-0.39, 0.29) is 76.7 Å². The molecule has 12 nitrogen and oxygen atoms in total. The SMILES string of the molecule is CCc1c(C)c2cc3[nH]c(cc4nc(cc5nc(cc1[nH]2)C(C)=C5CCCN(CC(=O)NCC(C)(C)[S-])CC(C)(C)[S-])C(CCCN(CC(=O)NCC(C)(C)[S-])CC(C)(C)[S-])=C4C)c(C)c3CC.[188Re].[188Re].[O-2].[O-2]. The monoisotopic (exact) mass is 1410 g/mol. The molecule has 0 aliphatic carbocycles. The van der Waals surface area contributed by atoms with Crippen molar-refractivity contribution in [3.63, 3.8) is 0 Å². The molecule has 2 amide bonds. The van der Waals surface area contributed by atoms with Crippen LogP contribution in [0.4, 0.5) is 0 Å². The van der Waals surface area contributed by atoms with Gasteiger partial charge in [0.1, 0.15) is 0 Å². The van der Waals surface area contributed by atoms with E-state index in [1.165, 1.54) is 33.4 Å². The molecule has 2 radical (unpaired) electrons. The summed E-state index contributed by atoms with van der Waals surface area (Å²) in [6.07, 6.45) is 4.89. The Balaban J connectivity index is 0.00000648. The van der Waals surface area contributed by atoms with E-state index < -0.39 is 19.0 Å². The number of hydrogen-bond donors (Lipinski definition) is 4. The molecule has 0 aromatic carbocycles. The Morgan fingerprint density at radius 3 is 1.24 bits per heavy atom. The van der Waals surface area contributed by atoms with Gasteiger partial charge >= 0.3 is 0 Å². The second-order valence-corrected chi connectivity index (χ2v) is 26.0. The first kappa shape index (κ1) is 68.1. The first-order chi connectivity index (χ1) is 31.5. The Morgan fingerprint density at radius 1 is 0.542 bits per heavy atom. The molecule has 72 heavy (non-hydrogen) atoms. The van der Waals surface area contributed by atoms with Gasteiger partial charge in [-0.1, -0.05) is 69.2 Å². The van der Waals surface area contributed by atoms with E-state index in [4.69, 9.17) is 60.5 Å². The van der Waals surface area contributed by atoms with E-state index in [1.807, 2.05) is 55.4 Å². The number of aromatic amines is 2. The minimum atomic E-state index is -0.422. The van der Waals surface area contributed by atoms with E-state index in [0.717, 1.165) is 94.5 Å². The van der Waals surface area contributed by atoms with Crippen LogP contribution in [0.2, 0.25) is 0 Å². The van der Waals surface area contributed by atoms with E-state index in [0.29, 0.717) is 39.3 Å². The van der Waals surface area contributed by atoms with E-state index in [2.05, 4.69) is 96.2 Å². The van der Waals surface area contributed by atoms with Crippen LogP contribution >= 0.6 is 0 Å². The number of hydrogen-bond acceptors (Lipinski definition) is 10. The van der Waals surface area contributed by atoms with Gasteiger partial charge in [-0.05, 0) is 161 Å². The average Bonchev–Trinajstić information content (AvgIpc) is 3.87. The number of carbonyl (C=O) groups is 2. The summed E-state index contributed by atoms with van der Waals surface area (Å²) in [4.78, 5) is 49.2. The maximum Gasteiger partial charge on any atom is 0.234 e. The van der Waals surface area contributed by atoms with Crippen LogP contribution in [0.3, 0.4) is 0 Å². The first-order valence-electron chi connectivity index (χ1n) is 24.5. The Labute approximate surface area is 480 Å². The zero-order valence-corrected chi connectivity index (χ0v) is 53.7. The fraction of sp³-hybridized carbons (Fsp3) is 0.593. The number of nitrogens with zero attached hydrogens (tertiary/aromatic N) is 4. The molecule has 2 aliphatic heterocycles. The molecule has 404 valence electrons. The molecule has 5 heterocycles. The molecule has 0 fully saturated rings. The summed E-state index contributed by atoms with van der Waals surface area (Å²) in [5, 5.41) is 6.07. The summed E-state index contributed by atoms with van der Waals surface area (Å²) in [5.41, 5.74) is 17.6. The number of fused-ring (bicyclic) bond motifs is 8. The summed E-state index contributed by atoms with van der Waals surface area (Å²) < 4.78 is -1.65. The molecule has 3 aromatic rings. The molecule has 5 rings (SSSR count). The summed E-state index contributed by atoms with van der Waals surface area (Å²) in [6, 6.07) is 8.89. The molecule has 2 aliphatic rings. The average molecular weight is 1410 g/mol. The van der Waals surface area contributed by atoms with Gasteiger partial charge in [0.15, 0.2) is 0 Å². The fourth-order valence-electron chi connectivity index (χ4n) is 9.36. The van der Waals surface area contributed by atoms with Crippen LogP contribution in [0.15, 0.2) is 24.3 Å². The van der Waals surface area contributed by atoms with Gasteiger partial charge in [0.25, 0.3) is 0 Å². The maximum absolute atomic E-state index is 13.2. The molecule has 0 saturated carbocycles. The standard InChI is InChI=1S/C54H82N8O2S4.2O.2Re/c1-15-37-33(3)41-23-42-35(5)39(19-17-21-61(31-53(11,12)67)27-49(63)55-29-51(7,8)65)47(59-42)26-48-40(20-18-22-62(32-54(13,14)68)28-50(64)56-30-52(9,10)66)36(6)44(60-48)25-46-38(16-2)34(4)43(58-46)24-45(37)57-41;;;;/h23-26,57-58,65-68H,15-22,27-32H2,1-14H3,(H,55,63)(H,56,64);;;;/q;2*-2;;/p-4/i;;;2*1+2. The van der Waals surface area contributed by atoms with Crippen molar-refractivity contribution in [3.8, 4) is 0 Å². The van der Waals surface area contributed by atoms with Crippen molar-refractivity contribution in [2.75, 3.05) is 52.4 Å². The number of nitrogens with one attached hydrogen (secondary N) is 4. The predicted molar refractivity (Wildman–Crippen MR) is 299 cm³/mol. The van der Waals surface area contributed by atoms with Crippen LogP contribution in [0.1, 0.15) is 154 Å². The Hall–Kier alpha value is -1.90. The van der Waals surface area contributed by atoms with Crippen molar-refractivity contribution < 1.29 is 61.4 Å². The van der Waals surface area contributed by atoms with Crippen molar-refractivity contribution >= 4 is 107 Å². The number of H-pyrrole nitrogens is 2. The number of amides is 2. The first-order valence-corrected chi connectivity index (χ1v) is 26.1. The van der Waals surface area contributed by atoms with Crippen molar-refractivity contribution in [3.05, 3.63) is 69.3 Å². The molecular weight excluding hydrogens is 1330 g/mol. The molecule has 0 atom stereocenters. The van der Waals surface area contributed by atoms with Gasteiger partial charge in [-0.15, -0.1) is 19.0 Å². The third-order valence-corrected chi connectivity index (χ3v) is 13.2. The van der Waals surface area contributed by atoms with Crippen molar-refractivity contribution in [2.45, 2.75) is 154 Å². The maximum atomic E-state index is 13.2. The zero-order valence-electron chi connectivity index (χ0n) is 45.0. The molecule has 8 bridgehead atoms. The summed E-state index contributed by atoms with van der Waals surface area (Å²) in [7, 11) is 0. The number of aryl methyl sites for hydroxylation is 4. The molecule has 0 spiro atoms. The Bertz CT molecular complexity index is 2570. The molecule has 3 aromatic heterocycles. The van der Waals surface area contributed by atoms with E-state index in [9.17, 15) is 9.59 Å². The number of allylic oxidation sites excluding steroid dienone is 4. The largest absolute Gasteiger partial charge is 2.00 e. The summed E-state index contributed by atoms with van der Waals surface area (Å²) >= 11 is 22.7. The molecule has 18 heteroatoms. The minimum Gasteiger partial charge on any atom is -2.00 e. The second kappa shape index (κ2) is 28.5. The van der Waals surface area contributed by atoms with Crippen LogP contribution in [0.5, 0.6) is 0 Å². The van der Waals surface area contributed by atoms with Crippen LogP contribution < -0.4 is 10.6 Å². The third-order valence-electron chi connectivity index (χ3n) is 12.7. The smallest absolute Gasteiger partial charge is 0.234 e. The number of rotatable bonds is 22. The quantitative estimate of drug-likeness (QED) is 0.0709. The number of aromatic nitrogens is 4. The van der Waals surface area contributed by atoms with Gasteiger partial charge in [0.05, 0.1) is 35.9 Å². The molecule has 4 N–H and O–H groups in total. The molecule has 0 saturated heterocycles. The van der Waals surface area contributed by atoms with Crippen LogP contribution in [-0.2, 0) is 125 Å². The topological polar surface area (TPSA) is 179 Å². The Kier molecular flexibility index (Phi) is 26.9. The minimum absolute atomic E-state index is 0. The molecular formula is C54H78N8O4Re2S4-8. The molecule has 0 unspecified atom stereocenters. The van der Waals surface area contributed by atoms with Gasteiger partial charge in [-0.2, -0.15) is 0 Å². The van der Waals surface area contributed by atoms with Crippen molar-refractivity contribution in [2.24, 2.45) is 0 Å². The van der Waals surface area contributed by atoms with Gasteiger partial charge in [-0.25, -0.2) is 9.97 Å². The van der Waals surface area contributed by atoms with Crippen LogP contribution in [-0.4, -0.2) is 113 Å². The van der Waals surface area contributed by atoms with Gasteiger partial charge in [-0.3, -0.25) is 19.4 Å². The van der Waals surface area contributed by atoms with Crippen molar-refractivity contribution in [1.29, 1.82) is 0 Å². The van der Waals surface area contributed by atoms with Crippen molar-refractivity contribution in [1.82, 2.24) is 40.4 Å². The van der Waals surface area contributed by atoms with Gasteiger partial charge in [0.2, 0.25) is 11.8 Å². The summed E-state index contributed by atoms with van der Waals surface area (Å²) in [5.74, 6) is -0.0874. The van der Waals surface area contributed by atoms with Crippen LogP contribution in [0.25, 0.3) is 44.4 Å². The fourth-order valence-corrected chi connectivity index (χ4v) is 9.87. The van der Waals surface area contributed by atoms with Gasteiger partial charge in [0, 0.05) is 76.0 Å². The van der Waals surface area contributed by atoms with E-state index in [1.54, 1.807) is 0 Å². The third kappa shape index (κ3) is 19.9. The van der Waals surface area contributed by atoms with Gasteiger partial charge < -0.3 is 82.1 Å². The summed E-state index contributed by atoms with van der Waals surface area (Å²) in [6.45, 7) is 33.1. The second-order valence-electron chi connectivity index (χ2n) is 21.6.